The third-order valence-electron chi connectivity index (χ3n) is 3.03. The molecule has 4 heteroatoms. The molecule has 2 bridgehead atoms. The maximum atomic E-state index is 11.0. The molecule has 0 aromatic heterocycles. The summed E-state index contributed by atoms with van der Waals surface area (Å²) in [5.74, 6) is 1.03. The second-order valence-electron chi connectivity index (χ2n) is 3.69. The Balaban J connectivity index is 2.21. The number of fused-ring (bicyclic) bond motifs is 2. The Labute approximate surface area is 71.3 Å². The zero-order valence-corrected chi connectivity index (χ0v) is 7.74. The topological polar surface area (TPSA) is 34.1 Å². The van der Waals surface area contributed by atoms with E-state index >= 15 is 0 Å². The Morgan fingerprint density at radius 3 is 2.18 bits per heavy atom. The number of hydrogen-bond acceptors (Lipinski definition) is 2. The lowest BCUT2D eigenvalue weighted by atomic mass is 10.0. The average Bonchev–Trinajstić information content (AvgIpc) is 2.42. The number of hydrogen-bond donors (Lipinski definition) is 0. The first-order chi connectivity index (χ1) is 5.07. The zero-order chi connectivity index (χ0) is 8.06. The summed E-state index contributed by atoms with van der Waals surface area (Å²) in [4.78, 5) is 0. The molecule has 0 unspecified atom stereocenters. The van der Waals surface area contributed by atoms with Crippen LogP contribution in [0.15, 0.2) is 0 Å². The first kappa shape index (κ1) is 7.87. The molecule has 0 N–H and O–H groups in total. The first-order valence-electron chi connectivity index (χ1n) is 4.01. The number of halogens is 1. The van der Waals surface area contributed by atoms with Gasteiger partial charge in [-0.05, 0) is 31.1 Å². The molecule has 0 radical (unpaired) electrons. The molecule has 64 valence electrons. The van der Waals surface area contributed by atoms with Crippen molar-refractivity contribution in [2.45, 2.75) is 30.9 Å². The van der Waals surface area contributed by atoms with E-state index in [-0.39, 0.29) is 5.25 Å². The van der Waals surface area contributed by atoms with E-state index in [4.69, 9.17) is 10.7 Å². The molecule has 3 atom stereocenters. The van der Waals surface area contributed by atoms with E-state index in [2.05, 4.69) is 0 Å². The molecule has 0 aromatic carbocycles. The minimum atomic E-state index is -3.26. The highest BCUT2D eigenvalue weighted by molar-refractivity contribution is 8.14. The SMILES string of the molecule is O=S(=O)(Cl)[C@H]1C[C@H]2CC[C@H]1C2. The van der Waals surface area contributed by atoms with Crippen molar-refractivity contribution in [2.24, 2.45) is 11.8 Å². The predicted molar refractivity (Wildman–Crippen MR) is 44.0 cm³/mol. The lowest BCUT2D eigenvalue weighted by Crippen LogP contribution is -2.22. The second-order valence-corrected chi connectivity index (χ2v) is 6.54. The van der Waals surface area contributed by atoms with E-state index < -0.39 is 9.05 Å². The van der Waals surface area contributed by atoms with Crippen LogP contribution in [0.4, 0.5) is 0 Å². The quantitative estimate of drug-likeness (QED) is 0.596. The van der Waals surface area contributed by atoms with Crippen molar-refractivity contribution in [3.8, 4) is 0 Å². The molecule has 2 aliphatic rings. The Bertz CT molecular complexity index is 260. The van der Waals surface area contributed by atoms with Gasteiger partial charge in [0.15, 0.2) is 0 Å². The Morgan fingerprint density at radius 2 is 1.91 bits per heavy atom. The van der Waals surface area contributed by atoms with E-state index in [9.17, 15) is 8.42 Å². The van der Waals surface area contributed by atoms with Crippen molar-refractivity contribution >= 4 is 19.7 Å². The van der Waals surface area contributed by atoms with Gasteiger partial charge in [0.1, 0.15) is 0 Å². The summed E-state index contributed by atoms with van der Waals surface area (Å²) in [6.45, 7) is 0. The maximum absolute atomic E-state index is 11.0. The highest BCUT2D eigenvalue weighted by Crippen LogP contribution is 2.48. The van der Waals surface area contributed by atoms with Crippen LogP contribution in [0.2, 0.25) is 0 Å². The lowest BCUT2D eigenvalue weighted by molar-refractivity contribution is 0.470. The van der Waals surface area contributed by atoms with Crippen molar-refractivity contribution in [3.63, 3.8) is 0 Å². The predicted octanol–water partition coefficient (Wildman–Crippen LogP) is 1.74. The third kappa shape index (κ3) is 1.29. The molecule has 0 heterocycles. The normalized spacial score (nSPS) is 43.2. The van der Waals surface area contributed by atoms with Crippen LogP contribution in [0.1, 0.15) is 25.7 Å². The molecule has 0 aliphatic heterocycles. The van der Waals surface area contributed by atoms with Crippen LogP contribution in [0.25, 0.3) is 0 Å². The molecule has 0 aromatic rings. The molecule has 2 fully saturated rings. The second kappa shape index (κ2) is 2.36. The van der Waals surface area contributed by atoms with Crippen molar-refractivity contribution in [2.75, 3.05) is 0 Å². The molecule has 2 rings (SSSR count). The largest absolute Gasteiger partial charge is 0.235 e. The smallest absolute Gasteiger partial charge is 0.212 e. The van der Waals surface area contributed by atoms with Gasteiger partial charge < -0.3 is 0 Å². The van der Waals surface area contributed by atoms with Gasteiger partial charge in [-0.1, -0.05) is 6.42 Å². The fourth-order valence-electron chi connectivity index (χ4n) is 2.53. The van der Waals surface area contributed by atoms with E-state index in [1.165, 1.54) is 6.42 Å². The Morgan fingerprint density at radius 1 is 1.18 bits per heavy atom. The standard InChI is InChI=1S/C7H11ClO2S/c8-11(9,10)7-4-5-1-2-6(7)3-5/h5-7H,1-4H2/t5-,6-,7-/m0/s1. The summed E-state index contributed by atoms with van der Waals surface area (Å²) in [5, 5.41) is -0.220. The monoisotopic (exact) mass is 194 g/mol. The molecule has 2 nitrogen and oxygen atoms in total. The van der Waals surface area contributed by atoms with E-state index in [0.717, 1.165) is 19.3 Å². The van der Waals surface area contributed by atoms with Crippen LogP contribution in [0.3, 0.4) is 0 Å². The van der Waals surface area contributed by atoms with E-state index in [0.29, 0.717) is 11.8 Å². The molecule has 0 spiro atoms. The van der Waals surface area contributed by atoms with Crippen LogP contribution in [-0.2, 0) is 9.05 Å². The minimum absolute atomic E-state index is 0.220. The van der Waals surface area contributed by atoms with Gasteiger partial charge in [0.25, 0.3) is 0 Å². The van der Waals surface area contributed by atoms with Gasteiger partial charge in [0, 0.05) is 10.7 Å². The van der Waals surface area contributed by atoms with Crippen LogP contribution >= 0.6 is 10.7 Å². The molecule has 2 saturated carbocycles. The Kier molecular flexibility index (Phi) is 1.69. The summed E-state index contributed by atoms with van der Waals surface area (Å²) in [7, 11) is 2.04. The maximum Gasteiger partial charge on any atom is 0.235 e. The van der Waals surface area contributed by atoms with E-state index in [1.807, 2.05) is 0 Å². The van der Waals surface area contributed by atoms with Crippen LogP contribution in [-0.4, -0.2) is 13.7 Å². The molecular formula is C7H11ClO2S. The molecular weight excluding hydrogens is 184 g/mol. The average molecular weight is 195 g/mol. The third-order valence-corrected chi connectivity index (χ3v) is 5.02. The molecule has 0 saturated heterocycles. The summed E-state index contributed by atoms with van der Waals surface area (Å²) in [5.41, 5.74) is 0. The van der Waals surface area contributed by atoms with Crippen molar-refractivity contribution < 1.29 is 8.42 Å². The Hall–Kier alpha value is 0.240. The van der Waals surface area contributed by atoms with Crippen LogP contribution in [0, 0.1) is 11.8 Å². The highest BCUT2D eigenvalue weighted by atomic mass is 35.7. The molecule has 0 amide bonds. The number of rotatable bonds is 1. The summed E-state index contributed by atoms with van der Waals surface area (Å²) in [6, 6.07) is 0. The van der Waals surface area contributed by atoms with Crippen molar-refractivity contribution in [1.82, 2.24) is 0 Å². The van der Waals surface area contributed by atoms with Gasteiger partial charge in [0.2, 0.25) is 9.05 Å². The summed E-state index contributed by atoms with van der Waals surface area (Å²) < 4.78 is 22.0. The lowest BCUT2D eigenvalue weighted by Gasteiger charge is -2.17. The van der Waals surface area contributed by atoms with Crippen LogP contribution in [0.5, 0.6) is 0 Å². The van der Waals surface area contributed by atoms with Gasteiger partial charge in [-0.3, -0.25) is 0 Å². The highest BCUT2D eigenvalue weighted by Gasteiger charge is 2.45. The van der Waals surface area contributed by atoms with Crippen molar-refractivity contribution in [1.29, 1.82) is 0 Å². The zero-order valence-electron chi connectivity index (χ0n) is 6.16. The molecule has 11 heavy (non-hydrogen) atoms. The van der Waals surface area contributed by atoms with Gasteiger partial charge in [-0.15, -0.1) is 0 Å². The van der Waals surface area contributed by atoms with Gasteiger partial charge in [-0.25, -0.2) is 8.42 Å². The van der Waals surface area contributed by atoms with Crippen molar-refractivity contribution in [3.05, 3.63) is 0 Å². The minimum Gasteiger partial charge on any atom is -0.212 e. The van der Waals surface area contributed by atoms with Crippen LogP contribution < -0.4 is 0 Å². The van der Waals surface area contributed by atoms with E-state index in [1.54, 1.807) is 0 Å². The first-order valence-corrected chi connectivity index (χ1v) is 6.38. The fraction of sp³-hybridized carbons (Fsp3) is 1.00. The van der Waals surface area contributed by atoms with Gasteiger partial charge in [-0.2, -0.15) is 0 Å². The van der Waals surface area contributed by atoms with Gasteiger partial charge in [0.05, 0.1) is 5.25 Å². The summed E-state index contributed by atoms with van der Waals surface area (Å²) in [6.07, 6.45) is 4.20. The fourth-order valence-corrected chi connectivity index (χ4v) is 4.39. The van der Waals surface area contributed by atoms with Gasteiger partial charge >= 0.3 is 0 Å². The molecule has 2 aliphatic carbocycles. The summed E-state index contributed by atoms with van der Waals surface area (Å²) >= 11 is 0.